The van der Waals surface area contributed by atoms with Crippen molar-refractivity contribution >= 4 is 0 Å². The molecule has 1 aromatic rings. The lowest BCUT2D eigenvalue weighted by molar-refractivity contribution is 0.345. The molecule has 13 heavy (non-hydrogen) atoms. The molecule has 1 nitrogen and oxygen atoms in total. The lowest BCUT2D eigenvalue weighted by Gasteiger charge is -2.14. The summed E-state index contributed by atoms with van der Waals surface area (Å²) < 4.78 is 0. The Bertz CT molecular complexity index is 289. The molecule has 0 aromatic heterocycles. The predicted molar refractivity (Wildman–Crippen MR) is 55.6 cm³/mol. The van der Waals surface area contributed by atoms with Gasteiger partial charge in [0.2, 0.25) is 0 Å². The van der Waals surface area contributed by atoms with Gasteiger partial charge >= 0.3 is 0 Å². The Kier molecular flexibility index (Phi) is 2.46. The van der Waals surface area contributed by atoms with Crippen LogP contribution in [0.3, 0.4) is 0 Å². The van der Waals surface area contributed by atoms with Crippen molar-refractivity contribution < 1.29 is 0 Å². The molecule has 0 N–H and O–H groups in total. The van der Waals surface area contributed by atoms with Gasteiger partial charge in [-0.25, -0.2) is 0 Å². The quantitative estimate of drug-likeness (QED) is 0.621. The zero-order valence-electron chi connectivity index (χ0n) is 8.03. The molecule has 0 spiro atoms. The summed E-state index contributed by atoms with van der Waals surface area (Å²) in [6.07, 6.45) is 4.46. The standard InChI is InChI=1S/C12H15N/c1-11-4-6-12(7-5-11)10-13-8-2-3-9-13/h2-7H,8-10H2,1H3. The summed E-state index contributed by atoms with van der Waals surface area (Å²) in [6.45, 7) is 5.41. The molecule has 0 radical (unpaired) electrons. The molecule has 2 rings (SSSR count). The normalized spacial score (nSPS) is 16.7. The van der Waals surface area contributed by atoms with E-state index in [-0.39, 0.29) is 0 Å². The van der Waals surface area contributed by atoms with Crippen LogP contribution in [-0.2, 0) is 6.54 Å². The SMILES string of the molecule is Cc1ccc(CN2CC=CC2)cc1. The second kappa shape index (κ2) is 3.75. The monoisotopic (exact) mass is 173 g/mol. The molecule has 0 unspecified atom stereocenters. The molecule has 1 aliphatic heterocycles. The molecule has 0 saturated carbocycles. The van der Waals surface area contributed by atoms with E-state index in [1.807, 2.05) is 0 Å². The maximum atomic E-state index is 2.42. The van der Waals surface area contributed by atoms with Crippen LogP contribution >= 0.6 is 0 Å². The van der Waals surface area contributed by atoms with Crippen LogP contribution in [0.15, 0.2) is 36.4 Å². The molecular formula is C12H15N. The van der Waals surface area contributed by atoms with E-state index in [4.69, 9.17) is 0 Å². The second-order valence-electron chi connectivity index (χ2n) is 3.65. The molecule has 1 heteroatoms. The number of hydrogen-bond donors (Lipinski definition) is 0. The minimum absolute atomic E-state index is 1.08. The Morgan fingerprint density at radius 3 is 2.31 bits per heavy atom. The van der Waals surface area contributed by atoms with E-state index < -0.39 is 0 Å². The first-order valence-electron chi connectivity index (χ1n) is 4.77. The third kappa shape index (κ3) is 2.19. The first kappa shape index (κ1) is 8.52. The van der Waals surface area contributed by atoms with Crippen LogP contribution in [0.1, 0.15) is 11.1 Å². The Morgan fingerprint density at radius 1 is 1.08 bits per heavy atom. The number of hydrogen-bond acceptors (Lipinski definition) is 1. The van der Waals surface area contributed by atoms with Crippen LogP contribution in [0.2, 0.25) is 0 Å². The summed E-state index contributed by atoms with van der Waals surface area (Å²) in [6, 6.07) is 8.79. The molecule has 0 aliphatic carbocycles. The van der Waals surface area contributed by atoms with Gasteiger partial charge in [-0.1, -0.05) is 42.0 Å². The minimum atomic E-state index is 1.08. The molecular weight excluding hydrogens is 158 g/mol. The van der Waals surface area contributed by atoms with Gasteiger partial charge in [0.1, 0.15) is 0 Å². The van der Waals surface area contributed by atoms with E-state index in [1.54, 1.807) is 0 Å². The number of nitrogens with zero attached hydrogens (tertiary/aromatic N) is 1. The van der Waals surface area contributed by atoms with Crippen LogP contribution in [0.5, 0.6) is 0 Å². The van der Waals surface area contributed by atoms with Crippen molar-refractivity contribution in [3.8, 4) is 0 Å². The highest BCUT2D eigenvalue weighted by molar-refractivity contribution is 5.21. The molecule has 1 heterocycles. The fourth-order valence-corrected chi connectivity index (χ4v) is 1.60. The van der Waals surface area contributed by atoms with Gasteiger partial charge < -0.3 is 0 Å². The van der Waals surface area contributed by atoms with Gasteiger partial charge in [0.15, 0.2) is 0 Å². The topological polar surface area (TPSA) is 3.24 Å². The average molecular weight is 173 g/mol. The molecule has 68 valence electrons. The van der Waals surface area contributed by atoms with E-state index in [2.05, 4.69) is 48.2 Å². The molecule has 0 saturated heterocycles. The molecule has 0 atom stereocenters. The van der Waals surface area contributed by atoms with Crippen LogP contribution in [-0.4, -0.2) is 18.0 Å². The highest BCUT2D eigenvalue weighted by atomic mass is 15.1. The second-order valence-corrected chi connectivity index (χ2v) is 3.65. The summed E-state index contributed by atoms with van der Waals surface area (Å²) in [5, 5.41) is 0. The average Bonchev–Trinajstić information content (AvgIpc) is 2.62. The van der Waals surface area contributed by atoms with Gasteiger partial charge in [-0.15, -0.1) is 0 Å². The lowest BCUT2D eigenvalue weighted by atomic mass is 10.1. The Balaban J connectivity index is 1.97. The van der Waals surface area contributed by atoms with Crippen LogP contribution in [0.4, 0.5) is 0 Å². The smallest absolute Gasteiger partial charge is 0.0240 e. The van der Waals surface area contributed by atoms with Crippen molar-refractivity contribution in [1.82, 2.24) is 4.90 Å². The lowest BCUT2D eigenvalue weighted by Crippen LogP contribution is -2.18. The summed E-state index contributed by atoms with van der Waals surface area (Å²) in [4.78, 5) is 2.42. The number of benzene rings is 1. The number of rotatable bonds is 2. The minimum Gasteiger partial charge on any atom is -0.292 e. The van der Waals surface area contributed by atoms with Gasteiger partial charge in [-0.3, -0.25) is 4.90 Å². The zero-order valence-corrected chi connectivity index (χ0v) is 8.03. The number of aryl methyl sites for hydroxylation is 1. The largest absolute Gasteiger partial charge is 0.292 e. The van der Waals surface area contributed by atoms with E-state index in [0.717, 1.165) is 19.6 Å². The predicted octanol–water partition coefficient (Wildman–Crippen LogP) is 2.37. The molecule has 1 aliphatic rings. The van der Waals surface area contributed by atoms with Crippen LogP contribution in [0, 0.1) is 6.92 Å². The van der Waals surface area contributed by atoms with E-state index >= 15 is 0 Å². The zero-order chi connectivity index (χ0) is 9.10. The molecule has 0 amide bonds. The van der Waals surface area contributed by atoms with Gasteiger partial charge in [-0.05, 0) is 12.5 Å². The van der Waals surface area contributed by atoms with E-state index in [0.29, 0.717) is 0 Å². The summed E-state index contributed by atoms with van der Waals surface area (Å²) in [7, 11) is 0. The third-order valence-corrected chi connectivity index (χ3v) is 2.42. The van der Waals surface area contributed by atoms with Crippen LogP contribution < -0.4 is 0 Å². The molecule has 0 fully saturated rings. The van der Waals surface area contributed by atoms with Crippen molar-refractivity contribution in [3.05, 3.63) is 47.5 Å². The van der Waals surface area contributed by atoms with Gasteiger partial charge in [-0.2, -0.15) is 0 Å². The van der Waals surface area contributed by atoms with Gasteiger partial charge in [0.05, 0.1) is 0 Å². The third-order valence-electron chi connectivity index (χ3n) is 2.42. The van der Waals surface area contributed by atoms with Crippen molar-refractivity contribution in [2.45, 2.75) is 13.5 Å². The van der Waals surface area contributed by atoms with Crippen molar-refractivity contribution in [3.63, 3.8) is 0 Å². The van der Waals surface area contributed by atoms with Crippen LogP contribution in [0.25, 0.3) is 0 Å². The van der Waals surface area contributed by atoms with E-state index in [9.17, 15) is 0 Å². The molecule has 1 aromatic carbocycles. The fourth-order valence-electron chi connectivity index (χ4n) is 1.60. The highest BCUT2D eigenvalue weighted by Gasteiger charge is 2.05. The Morgan fingerprint density at radius 2 is 1.69 bits per heavy atom. The van der Waals surface area contributed by atoms with Crippen molar-refractivity contribution in [2.24, 2.45) is 0 Å². The van der Waals surface area contributed by atoms with Crippen molar-refractivity contribution in [2.75, 3.05) is 13.1 Å². The van der Waals surface area contributed by atoms with Gasteiger partial charge in [0, 0.05) is 19.6 Å². The maximum Gasteiger partial charge on any atom is 0.0240 e. The maximum absolute atomic E-state index is 2.42. The summed E-state index contributed by atoms with van der Waals surface area (Å²) in [5.74, 6) is 0. The van der Waals surface area contributed by atoms with E-state index in [1.165, 1.54) is 11.1 Å². The highest BCUT2D eigenvalue weighted by Crippen LogP contribution is 2.09. The first-order chi connectivity index (χ1) is 6.34. The first-order valence-corrected chi connectivity index (χ1v) is 4.77. The Labute approximate surface area is 79.7 Å². The molecule has 0 bridgehead atoms. The summed E-state index contributed by atoms with van der Waals surface area (Å²) >= 11 is 0. The van der Waals surface area contributed by atoms with Crippen molar-refractivity contribution in [1.29, 1.82) is 0 Å². The van der Waals surface area contributed by atoms with Gasteiger partial charge in [0.25, 0.3) is 0 Å². The Hall–Kier alpha value is -1.08. The fraction of sp³-hybridized carbons (Fsp3) is 0.333. The summed E-state index contributed by atoms with van der Waals surface area (Å²) in [5.41, 5.74) is 2.75.